The van der Waals surface area contributed by atoms with E-state index in [0.29, 0.717) is 12.8 Å². The molecule has 0 saturated heterocycles. The van der Waals surface area contributed by atoms with Crippen LogP contribution >= 0.6 is 0 Å². The first kappa shape index (κ1) is 18.9. The predicted molar refractivity (Wildman–Crippen MR) is 93.8 cm³/mol. The Morgan fingerprint density at radius 1 is 1.00 bits per heavy atom. The van der Waals surface area contributed by atoms with Crippen molar-refractivity contribution in [2.75, 3.05) is 13.6 Å². The maximum absolute atomic E-state index is 12.2. The summed E-state index contributed by atoms with van der Waals surface area (Å²) in [6, 6.07) is 16.6. The van der Waals surface area contributed by atoms with Gasteiger partial charge in [0.25, 0.3) is 0 Å². The smallest absolute Gasteiger partial charge is 0.387 e. The van der Waals surface area contributed by atoms with Crippen molar-refractivity contribution in [3.63, 3.8) is 0 Å². The molecule has 1 amide bonds. The number of alkyl halides is 2. The minimum atomic E-state index is -2.82. The lowest BCUT2D eigenvalue weighted by Gasteiger charge is -2.17. The van der Waals surface area contributed by atoms with E-state index in [9.17, 15) is 13.6 Å². The fourth-order valence-electron chi connectivity index (χ4n) is 2.57. The molecule has 0 aliphatic carbocycles. The highest BCUT2D eigenvalue weighted by Crippen LogP contribution is 2.16. The van der Waals surface area contributed by atoms with Crippen LogP contribution in [0.5, 0.6) is 5.75 Å². The van der Waals surface area contributed by atoms with Crippen LogP contribution in [-0.4, -0.2) is 31.0 Å². The van der Waals surface area contributed by atoms with Crippen LogP contribution in [0, 0.1) is 0 Å². The Bertz CT molecular complexity index is 645. The summed E-state index contributed by atoms with van der Waals surface area (Å²) in [4.78, 5) is 13.9. The molecular weight excluding hydrogens is 324 g/mol. The summed E-state index contributed by atoms with van der Waals surface area (Å²) < 4.78 is 28.5. The number of halogens is 2. The Hall–Kier alpha value is -2.43. The van der Waals surface area contributed by atoms with Gasteiger partial charge in [-0.15, -0.1) is 0 Å². The second-order valence-corrected chi connectivity index (χ2v) is 5.93. The van der Waals surface area contributed by atoms with Gasteiger partial charge >= 0.3 is 6.61 Å². The Balaban J connectivity index is 1.70. The molecule has 0 atom stereocenters. The minimum absolute atomic E-state index is 0.0842. The zero-order valence-electron chi connectivity index (χ0n) is 14.3. The second-order valence-electron chi connectivity index (χ2n) is 5.93. The summed E-state index contributed by atoms with van der Waals surface area (Å²) in [6.07, 6.45) is 2.85. The number of benzene rings is 2. The number of aryl methyl sites for hydroxylation is 2. The Morgan fingerprint density at radius 3 is 2.28 bits per heavy atom. The lowest BCUT2D eigenvalue weighted by Crippen LogP contribution is -2.28. The fraction of sp³-hybridized carbons (Fsp3) is 0.350. The molecular formula is C20H23F2NO2. The molecule has 0 spiro atoms. The van der Waals surface area contributed by atoms with E-state index in [0.717, 1.165) is 24.9 Å². The molecule has 0 heterocycles. The van der Waals surface area contributed by atoms with Crippen molar-refractivity contribution in [2.45, 2.75) is 32.3 Å². The minimum Gasteiger partial charge on any atom is -0.435 e. The number of hydrogen-bond acceptors (Lipinski definition) is 2. The quantitative estimate of drug-likeness (QED) is 0.676. The van der Waals surface area contributed by atoms with E-state index >= 15 is 0 Å². The Labute approximate surface area is 147 Å². The molecule has 0 aliphatic rings. The average molecular weight is 347 g/mol. The molecule has 25 heavy (non-hydrogen) atoms. The molecule has 0 unspecified atom stereocenters. The normalized spacial score (nSPS) is 10.7. The largest absolute Gasteiger partial charge is 0.435 e. The highest BCUT2D eigenvalue weighted by Gasteiger charge is 2.09. The zero-order valence-corrected chi connectivity index (χ0v) is 14.3. The van der Waals surface area contributed by atoms with Gasteiger partial charge in [0, 0.05) is 20.0 Å². The SMILES string of the molecule is CN(CCCc1ccccc1)C(=O)CCc1ccc(OC(F)F)cc1. The van der Waals surface area contributed by atoms with Gasteiger partial charge in [-0.2, -0.15) is 8.78 Å². The molecule has 3 nitrogen and oxygen atoms in total. The first-order valence-electron chi connectivity index (χ1n) is 8.36. The van der Waals surface area contributed by atoms with Crippen molar-refractivity contribution < 1.29 is 18.3 Å². The standard InChI is InChI=1S/C20H23F2NO2/c1-23(15-5-8-16-6-3-2-4-7-16)19(24)14-11-17-9-12-18(13-10-17)25-20(21)22/h2-4,6-7,9-10,12-13,20H,5,8,11,14-15H2,1H3. The lowest BCUT2D eigenvalue weighted by atomic mass is 10.1. The van der Waals surface area contributed by atoms with Crippen LogP contribution in [0.25, 0.3) is 0 Å². The molecule has 5 heteroatoms. The third-order valence-corrected chi connectivity index (χ3v) is 4.00. The molecule has 0 radical (unpaired) electrons. The Morgan fingerprint density at radius 2 is 1.64 bits per heavy atom. The van der Waals surface area contributed by atoms with Gasteiger partial charge in [0.2, 0.25) is 5.91 Å². The van der Waals surface area contributed by atoms with E-state index in [1.54, 1.807) is 17.0 Å². The first-order chi connectivity index (χ1) is 12.0. The van der Waals surface area contributed by atoms with Crippen molar-refractivity contribution in [3.05, 3.63) is 65.7 Å². The van der Waals surface area contributed by atoms with Crippen LogP contribution < -0.4 is 4.74 Å². The monoisotopic (exact) mass is 347 g/mol. The van der Waals surface area contributed by atoms with Crippen LogP contribution in [-0.2, 0) is 17.6 Å². The molecule has 0 bridgehead atoms. The second kappa shape index (κ2) is 9.77. The van der Waals surface area contributed by atoms with Gasteiger partial charge in [-0.3, -0.25) is 4.79 Å². The zero-order chi connectivity index (χ0) is 18.1. The molecule has 0 fully saturated rings. The number of amides is 1. The van der Waals surface area contributed by atoms with Gasteiger partial charge in [0.1, 0.15) is 5.75 Å². The van der Waals surface area contributed by atoms with Gasteiger partial charge in [0.15, 0.2) is 0 Å². The van der Waals surface area contributed by atoms with Crippen LogP contribution in [0.2, 0.25) is 0 Å². The van der Waals surface area contributed by atoms with E-state index in [2.05, 4.69) is 16.9 Å². The highest BCUT2D eigenvalue weighted by molar-refractivity contribution is 5.76. The maximum atomic E-state index is 12.2. The van der Waals surface area contributed by atoms with Crippen molar-refractivity contribution in [1.82, 2.24) is 4.90 Å². The third-order valence-electron chi connectivity index (χ3n) is 4.00. The number of hydrogen-bond donors (Lipinski definition) is 0. The summed E-state index contributed by atoms with van der Waals surface area (Å²) in [5.41, 5.74) is 2.20. The molecule has 2 aromatic carbocycles. The molecule has 0 saturated carbocycles. The average Bonchev–Trinajstić information content (AvgIpc) is 2.61. The highest BCUT2D eigenvalue weighted by atomic mass is 19.3. The Kier molecular flexibility index (Phi) is 7.38. The van der Waals surface area contributed by atoms with Crippen LogP contribution in [0.15, 0.2) is 54.6 Å². The molecule has 0 aromatic heterocycles. The number of carbonyl (C=O) groups is 1. The molecule has 134 valence electrons. The van der Waals surface area contributed by atoms with E-state index in [1.807, 2.05) is 25.2 Å². The number of rotatable bonds is 9. The van der Waals surface area contributed by atoms with Gasteiger partial charge in [-0.1, -0.05) is 42.5 Å². The number of carbonyl (C=O) groups excluding carboxylic acids is 1. The molecule has 2 aromatic rings. The maximum Gasteiger partial charge on any atom is 0.387 e. The molecule has 0 aliphatic heterocycles. The van der Waals surface area contributed by atoms with E-state index < -0.39 is 6.61 Å². The predicted octanol–water partition coefficient (Wildman–Crippen LogP) is 4.31. The molecule has 2 rings (SSSR count). The first-order valence-corrected chi connectivity index (χ1v) is 8.36. The number of ether oxygens (including phenoxy) is 1. The van der Waals surface area contributed by atoms with Crippen LogP contribution in [0.1, 0.15) is 24.0 Å². The van der Waals surface area contributed by atoms with E-state index in [-0.39, 0.29) is 11.7 Å². The van der Waals surface area contributed by atoms with Crippen molar-refractivity contribution in [2.24, 2.45) is 0 Å². The van der Waals surface area contributed by atoms with Crippen LogP contribution in [0.3, 0.4) is 0 Å². The van der Waals surface area contributed by atoms with Crippen molar-refractivity contribution >= 4 is 5.91 Å². The summed E-state index contributed by atoms with van der Waals surface area (Å²) in [7, 11) is 1.81. The number of nitrogens with zero attached hydrogens (tertiary/aromatic N) is 1. The lowest BCUT2D eigenvalue weighted by molar-refractivity contribution is -0.129. The third kappa shape index (κ3) is 6.91. The topological polar surface area (TPSA) is 29.5 Å². The molecule has 0 N–H and O–H groups in total. The summed E-state index contributed by atoms with van der Waals surface area (Å²) in [5, 5.41) is 0. The van der Waals surface area contributed by atoms with Gasteiger partial charge < -0.3 is 9.64 Å². The van der Waals surface area contributed by atoms with E-state index in [1.165, 1.54) is 17.7 Å². The van der Waals surface area contributed by atoms with Gasteiger partial charge in [0.05, 0.1) is 0 Å². The fourth-order valence-corrected chi connectivity index (χ4v) is 2.57. The van der Waals surface area contributed by atoms with Crippen molar-refractivity contribution in [3.8, 4) is 5.75 Å². The van der Waals surface area contributed by atoms with Crippen molar-refractivity contribution in [1.29, 1.82) is 0 Å². The van der Waals surface area contributed by atoms with Gasteiger partial charge in [-0.25, -0.2) is 0 Å². The summed E-state index contributed by atoms with van der Waals surface area (Å²) in [6.45, 7) is -2.11. The van der Waals surface area contributed by atoms with E-state index in [4.69, 9.17) is 0 Å². The van der Waals surface area contributed by atoms with Gasteiger partial charge in [-0.05, 0) is 42.5 Å². The summed E-state index contributed by atoms with van der Waals surface area (Å²) in [5.74, 6) is 0.212. The van der Waals surface area contributed by atoms with Crippen LogP contribution in [0.4, 0.5) is 8.78 Å². The summed E-state index contributed by atoms with van der Waals surface area (Å²) >= 11 is 0.